The van der Waals surface area contributed by atoms with Crippen LogP contribution in [-0.4, -0.2) is 14.2 Å². The first-order valence-corrected chi connectivity index (χ1v) is 5.12. The van der Waals surface area contributed by atoms with Crippen LogP contribution in [0.15, 0.2) is 10.6 Å². The SMILES string of the molecule is O=S(=O)(Cl)C/C(Cl)=C\Cl. The molecule has 6 heteroatoms. The summed E-state index contributed by atoms with van der Waals surface area (Å²) in [7, 11) is 1.25. The summed E-state index contributed by atoms with van der Waals surface area (Å²) in [5, 5.41) is 0.00617. The fraction of sp³-hybridized carbons (Fsp3) is 0.333. The highest BCUT2D eigenvalue weighted by Crippen LogP contribution is 2.09. The number of hydrogen-bond acceptors (Lipinski definition) is 2. The second-order valence-corrected chi connectivity index (χ2v) is 4.72. The second-order valence-electron chi connectivity index (χ2n) is 1.24. The van der Waals surface area contributed by atoms with Gasteiger partial charge in [-0.05, 0) is 0 Å². The molecule has 0 heterocycles. The van der Waals surface area contributed by atoms with Crippen molar-refractivity contribution in [1.82, 2.24) is 0 Å². The van der Waals surface area contributed by atoms with Gasteiger partial charge in [-0.15, -0.1) is 0 Å². The number of halogens is 3. The fourth-order valence-corrected chi connectivity index (χ4v) is 1.73. The summed E-state index contributed by atoms with van der Waals surface area (Å²) < 4.78 is 20.4. The van der Waals surface area contributed by atoms with E-state index in [1.807, 2.05) is 0 Å². The van der Waals surface area contributed by atoms with Crippen molar-refractivity contribution in [3.05, 3.63) is 10.6 Å². The van der Waals surface area contributed by atoms with Crippen molar-refractivity contribution in [3.63, 3.8) is 0 Å². The Labute approximate surface area is 67.8 Å². The van der Waals surface area contributed by atoms with E-state index < -0.39 is 14.8 Å². The van der Waals surface area contributed by atoms with Crippen LogP contribution < -0.4 is 0 Å². The predicted octanol–water partition coefficient (Wildman–Crippen LogP) is 1.87. The van der Waals surface area contributed by atoms with Crippen molar-refractivity contribution < 1.29 is 8.42 Å². The van der Waals surface area contributed by atoms with Crippen LogP contribution >= 0.6 is 33.9 Å². The van der Waals surface area contributed by atoms with E-state index in [1.54, 1.807) is 0 Å². The summed E-state index contributed by atoms with van der Waals surface area (Å²) in [6.45, 7) is 0. The molecule has 0 aliphatic carbocycles. The zero-order valence-corrected chi connectivity index (χ0v) is 7.23. The molecule has 0 aromatic heterocycles. The average molecular weight is 209 g/mol. The van der Waals surface area contributed by atoms with E-state index in [4.69, 9.17) is 33.9 Å². The van der Waals surface area contributed by atoms with E-state index in [1.165, 1.54) is 0 Å². The summed E-state index contributed by atoms with van der Waals surface area (Å²) >= 11 is 10.3. The average Bonchev–Trinajstić information content (AvgIpc) is 1.62. The van der Waals surface area contributed by atoms with Crippen molar-refractivity contribution in [1.29, 1.82) is 0 Å². The minimum absolute atomic E-state index is 0.00617. The fourth-order valence-electron chi connectivity index (χ4n) is 0.196. The molecule has 0 saturated heterocycles. The van der Waals surface area contributed by atoms with Gasteiger partial charge in [0.25, 0.3) is 0 Å². The van der Waals surface area contributed by atoms with Crippen molar-refractivity contribution >= 4 is 42.9 Å². The molecule has 0 amide bonds. The van der Waals surface area contributed by atoms with Crippen LogP contribution in [0.25, 0.3) is 0 Å². The lowest BCUT2D eigenvalue weighted by atomic mass is 10.7. The number of hydrogen-bond donors (Lipinski definition) is 0. The third kappa shape index (κ3) is 6.45. The molecule has 0 rings (SSSR count). The molecule has 0 aromatic carbocycles. The molecular formula is C3H3Cl3O2S. The molecule has 0 radical (unpaired) electrons. The molecule has 0 aliphatic rings. The normalized spacial score (nSPS) is 13.9. The first-order chi connectivity index (χ1) is 3.95. The molecule has 0 unspecified atom stereocenters. The van der Waals surface area contributed by atoms with E-state index in [0.29, 0.717) is 0 Å². The molecule has 0 aromatic rings. The lowest BCUT2D eigenvalue weighted by Gasteiger charge is -1.89. The first-order valence-electron chi connectivity index (χ1n) is 1.83. The van der Waals surface area contributed by atoms with E-state index in [0.717, 1.165) is 5.54 Å². The Morgan fingerprint density at radius 2 is 2.00 bits per heavy atom. The number of rotatable bonds is 2. The van der Waals surface area contributed by atoms with Gasteiger partial charge < -0.3 is 0 Å². The third-order valence-electron chi connectivity index (χ3n) is 0.429. The molecule has 0 aliphatic heterocycles. The molecule has 0 saturated carbocycles. The Hall–Kier alpha value is 0.560. The van der Waals surface area contributed by atoms with E-state index in [2.05, 4.69) is 0 Å². The first kappa shape index (κ1) is 9.56. The van der Waals surface area contributed by atoms with E-state index in [-0.39, 0.29) is 5.03 Å². The summed E-state index contributed by atoms with van der Waals surface area (Å²) in [5.74, 6) is -0.417. The third-order valence-corrected chi connectivity index (χ3v) is 2.19. The van der Waals surface area contributed by atoms with E-state index >= 15 is 0 Å². The predicted molar refractivity (Wildman–Crippen MR) is 39.4 cm³/mol. The van der Waals surface area contributed by atoms with Crippen LogP contribution in [0.5, 0.6) is 0 Å². The minimum atomic E-state index is -3.55. The molecular weight excluding hydrogens is 206 g/mol. The molecule has 9 heavy (non-hydrogen) atoms. The van der Waals surface area contributed by atoms with Gasteiger partial charge in [0, 0.05) is 21.2 Å². The monoisotopic (exact) mass is 208 g/mol. The maximum Gasteiger partial charge on any atom is 0.237 e. The molecule has 0 atom stereocenters. The second kappa shape index (κ2) is 3.66. The van der Waals surface area contributed by atoms with Gasteiger partial charge in [0.05, 0.1) is 0 Å². The van der Waals surface area contributed by atoms with Gasteiger partial charge >= 0.3 is 0 Å². The zero-order valence-electron chi connectivity index (χ0n) is 4.14. The minimum Gasteiger partial charge on any atom is -0.212 e. The highest BCUT2D eigenvalue weighted by molar-refractivity contribution is 8.13. The lowest BCUT2D eigenvalue weighted by Crippen LogP contribution is -1.95. The molecule has 0 N–H and O–H groups in total. The maximum absolute atomic E-state index is 10.2. The summed E-state index contributed by atoms with van der Waals surface area (Å²) in [6.07, 6.45) is 0. The smallest absolute Gasteiger partial charge is 0.212 e. The topological polar surface area (TPSA) is 34.1 Å². The Morgan fingerprint density at radius 3 is 2.11 bits per heavy atom. The molecule has 54 valence electrons. The summed E-state index contributed by atoms with van der Waals surface area (Å²) in [5.41, 5.74) is 0.960. The van der Waals surface area contributed by atoms with Crippen LogP contribution in [0, 0.1) is 0 Å². The molecule has 2 nitrogen and oxygen atoms in total. The quantitative estimate of drug-likeness (QED) is 0.651. The van der Waals surface area contributed by atoms with Gasteiger partial charge in [-0.25, -0.2) is 8.42 Å². The van der Waals surface area contributed by atoms with Crippen molar-refractivity contribution in [3.8, 4) is 0 Å². The van der Waals surface area contributed by atoms with Gasteiger partial charge in [0.2, 0.25) is 9.05 Å². The van der Waals surface area contributed by atoms with Gasteiger partial charge in [-0.3, -0.25) is 0 Å². The van der Waals surface area contributed by atoms with Gasteiger partial charge in [0.1, 0.15) is 5.75 Å². The molecule has 0 bridgehead atoms. The standard InChI is InChI=1S/C3H3Cl3O2S/c4-1-3(5)2-9(6,7)8/h1H,2H2/b3-1+. The Morgan fingerprint density at radius 1 is 1.56 bits per heavy atom. The van der Waals surface area contributed by atoms with Crippen LogP contribution in [-0.2, 0) is 9.05 Å². The van der Waals surface area contributed by atoms with Crippen molar-refractivity contribution in [2.45, 2.75) is 0 Å². The van der Waals surface area contributed by atoms with Gasteiger partial charge in [-0.2, -0.15) is 0 Å². The Balaban J connectivity index is 4.07. The highest BCUT2D eigenvalue weighted by atomic mass is 35.7. The van der Waals surface area contributed by atoms with Crippen molar-refractivity contribution in [2.24, 2.45) is 0 Å². The Kier molecular flexibility index (Phi) is 3.89. The summed E-state index contributed by atoms with van der Waals surface area (Å²) in [4.78, 5) is 0. The Bertz CT molecular complexity index is 205. The van der Waals surface area contributed by atoms with Crippen LogP contribution in [0.1, 0.15) is 0 Å². The van der Waals surface area contributed by atoms with E-state index in [9.17, 15) is 8.42 Å². The van der Waals surface area contributed by atoms with Crippen molar-refractivity contribution in [2.75, 3.05) is 5.75 Å². The zero-order chi connectivity index (χ0) is 7.49. The molecule has 0 fully saturated rings. The van der Waals surface area contributed by atoms with Crippen LogP contribution in [0.4, 0.5) is 0 Å². The largest absolute Gasteiger partial charge is 0.237 e. The van der Waals surface area contributed by atoms with Gasteiger partial charge in [0.15, 0.2) is 0 Å². The van der Waals surface area contributed by atoms with Crippen LogP contribution in [0.2, 0.25) is 0 Å². The lowest BCUT2D eigenvalue weighted by molar-refractivity contribution is 0.612. The van der Waals surface area contributed by atoms with Gasteiger partial charge in [-0.1, -0.05) is 23.2 Å². The summed E-state index contributed by atoms with van der Waals surface area (Å²) in [6, 6.07) is 0. The van der Waals surface area contributed by atoms with Crippen LogP contribution in [0.3, 0.4) is 0 Å². The highest BCUT2D eigenvalue weighted by Gasteiger charge is 2.06. The molecule has 0 spiro atoms. The maximum atomic E-state index is 10.2.